The Kier molecular flexibility index (Phi) is 3.59. The number of imidazole rings is 1. The molecule has 0 aliphatic carbocycles. The molecule has 2 aromatic heterocycles. The average molecular weight is 322 g/mol. The maximum Gasteiger partial charge on any atom is 0.241 e. The summed E-state index contributed by atoms with van der Waals surface area (Å²) in [7, 11) is 0. The average Bonchev–Trinajstić information content (AvgIpc) is 2.95. The minimum atomic E-state index is 0.0845. The highest BCUT2D eigenvalue weighted by molar-refractivity contribution is 6.36. The van der Waals surface area contributed by atoms with Crippen molar-refractivity contribution in [2.45, 2.75) is 0 Å². The molecule has 0 radical (unpaired) electrons. The fraction of sp³-hybridized carbons (Fsp3) is 0. The van der Waals surface area contributed by atoms with Gasteiger partial charge in [0, 0.05) is 17.4 Å². The van der Waals surface area contributed by atoms with Gasteiger partial charge in [-0.15, -0.1) is 0 Å². The Morgan fingerprint density at radius 1 is 1.14 bits per heavy atom. The largest absolute Gasteiger partial charge is 0.368 e. The van der Waals surface area contributed by atoms with E-state index in [0.717, 1.165) is 0 Å². The van der Waals surface area contributed by atoms with Crippen LogP contribution in [-0.4, -0.2) is 24.5 Å². The molecule has 0 fully saturated rings. The Morgan fingerprint density at radius 2 is 2.00 bits per heavy atom. The van der Waals surface area contributed by atoms with Crippen molar-refractivity contribution < 1.29 is 0 Å². The van der Waals surface area contributed by atoms with Crippen LogP contribution in [-0.2, 0) is 0 Å². The zero-order valence-corrected chi connectivity index (χ0v) is 12.0. The van der Waals surface area contributed by atoms with Crippen LogP contribution in [0.2, 0.25) is 10.0 Å². The predicted molar refractivity (Wildman–Crippen MR) is 81.1 cm³/mol. The van der Waals surface area contributed by atoms with Crippen LogP contribution in [0.25, 0.3) is 5.95 Å². The SMILES string of the molecule is Nc1nc(Nc2ccc(Cl)cc2Cl)nc(-n2ccnc2)n1. The normalized spacial score (nSPS) is 10.6. The van der Waals surface area contributed by atoms with Crippen LogP contribution in [0.3, 0.4) is 0 Å². The van der Waals surface area contributed by atoms with Crippen molar-refractivity contribution in [3.8, 4) is 5.95 Å². The van der Waals surface area contributed by atoms with Crippen molar-refractivity contribution in [3.05, 3.63) is 47.0 Å². The first kappa shape index (κ1) is 13.6. The number of benzene rings is 1. The molecule has 106 valence electrons. The first-order valence-electron chi connectivity index (χ1n) is 5.84. The van der Waals surface area contributed by atoms with Crippen LogP contribution >= 0.6 is 23.2 Å². The highest BCUT2D eigenvalue weighted by atomic mass is 35.5. The van der Waals surface area contributed by atoms with Gasteiger partial charge >= 0.3 is 0 Å². The second kappa shape index (κ2) is 5.55. The van der Waals surface area contributed by atoms with E-state index in [-0.39, 0.29) is 11.9 Å². The molecule has 3 N–H and O–H groups in total. The fourth-order valence-corrected chi connectivity index (χ4v) is 2.10. The molecule has 0 saturated heterocycles. The van der Waals surface area contributed by atoms with Gasteiger partial charge in [0.1, 0.15) is 6.33 Å². The van der Waals surface area contributed by atoms with E-state index >= 15 is 0 Å². The van der Waals surface area contributed by atoms with Gasteiger partial charge in [-0.05, 0) is 18.2 Å². The highest BCUT2D eigenvalue weighted by Crippen LogP contribution is 2.27. The maximum absolute atomic E-state index is 6.09. The van der Waals surface area contributed by atoms with E-state index in [2.05, 4.69) is 25.3 Å². The van der Waals surface area contributed by atoms with Gasteiger partial charge in [-0.25, -0.2) is 4.98 Å². The summed E-state index contributed by atoms with van der Waals surface area (Å²) in [5.41, 5.74) is 6.31. The zero-order chi connectivity index (χ0) is 14.8. The second-order valence-electron chi connectivity index (χ2n) is 4.04. The van der Waals surface area contributed by atoms with Gasteiger partial charge in [-0.3, -0.25) is 4.57 Å². The summed E-state index contributed by atoms with van der Waals surface area (Å²) >= 11 is 11.9. The number of rotatable bonds is 3. The van der Waals surface area contributed by atoms with E-state index < -0.39 is 0 Å². The van der Waals surface area contributed by atoms with E-state index in [4.69, 9.17) is 28.9 Å². The van der Waals surface area contributed by atoms with E-state index in [1.807, 2.05) is 0 Å². The van der Waals surface area contributed by atoms with Crippen LogP contribution in [0.1, 0.15) is 0 Å². The van der Waals surface area contributed by atoms with E-state index in [0.29, 0.717) is 21.7 Å². The summed E-state index contributed by atoms with van der Waals surface area (Å²) in [5.74, 6) is 0.712. The monoisotopic (exact) mass is 321 g/mol. The Hall–Kier alpha value is -2.38. The van der Waals surface area contributed by atoms with Gasteiger partial charge in [-0.2, -0.15) is 15.0 Å². The molecule has 3 rings (SSSR count). The van der Waals surface area contributed by atoms with Crippen molar-refractivity contribution in [2.75, 3.05) is 11.1 Å². The number of anilines is 3. The zero-order valence-electron chi connectivity index (χ0n) is 10.5. The molecule has 9 heteroatoms. The first-order chi connectivity index (χ1) is 10.1. The summed E-state index contributed by atoms with van der Waals surface area (Å²) in [5, 5.41) is 3.97. The minimum Gasteiger partial charge on any atom is -0.368 e. The molecule has 0 amide bonds. The third kappa shape index (κ3) is 3.04. The summed E-state index contributed by atoms with van der Waals surface area (Å²) in [6, 6.07) is 5.05. The summed E-state index contributed by atoms with van der Waals surface area (Å²) in [6.45, 7) is 0. The van der Waals surface area contributed by atoms with Gasteiger partial charge in [0.05, 0.1) is 10.7 Å². The number of hydrogen-bond acceptors (Lipinski definition) is 6. The van der Waals surface area contributed by atoms with Gasteiger partial charge < -0.3 is 11.1 Å². The van der Waals surface area contributed by atoms with Crippen molar-refractivity contribution in [2.24, 2.45) is 0 Å². The number of nitrogens with zero attached hydrogens (tertiary/aromatic N) is 5. The number of nitrogen functional groups attached to an aromatic ring is 1. The van der Waals surface area contributed by atoms with E-state index in [1.165, 1.54) is 0 Å². The Labute approximate surface area is 129 Å². The molecule has 0 unspecified atom stereocenters. The lowest BCUT2D eigenvalue weighted by atomic mass is 10.3. The molecule has 2 heterocycles. The standard InChI is InChI=1S/C12H9Cl2N7/c13-7-1-2-9(8(14)5-7)17-11-18-10(15)19-12(20-11)21-4-3-16-6-21/h1-6H,(H3,15,17,18,19,20). The maximum atomic E-state index is 6.09. The summed E-state index contributed by atoms with van der Waals surface area (Å²) < 4.78 is 1.62. The second-order valence-corrected chi connectivity index (χ2v) is 4.88. The van der Waals surface area contributed by atoms with E-state index in [1.54, 1.807) is 41.5 Å². The fourth-order valence-electron chi connectivity index (χ4n) is 1.64. The molecule has 0 aliphatic rings. The molecule has 0 bridgehead atoms. The summed E-state index contributed by atoms with van der Waals surface area (Å²) in [4.78, 5) is 16.2. The van der Waals surface area contributed by atoms with Gasteiger partial charge in [0.25, 0.3) is 0 Å². The molecular weight excluding hydrogens is 313 g/mol. The third-order valence-electron chi connectivity index (χ3n) is 2.55. The van der Waals surface area contributed by atoms with Crippen molar-refractivity contribution in [1.29, 1.82) is 0 Å². The third-order valence-corrected chi connectivity index (χ3v) is 3.10. The quantitative estimate of drug-likeness (QED) is 0.770. The number of aromatic nitrogens is 5. The highest BCUT2D eigenvalue weighted by Gasteiger charge is 2.08. The van der Waals surface area contributed by atoms with Crippen molar-refractivity contribution in [1.82, 2.24) is 24.5 Å². The van der Waals surface area contributed by atoms with Crippen molar-refractivity contribution >= 4 is 40.8 Å². The lowest BCUT2D eigenvalue weighted by Gasteiger charge is -2.09. The molecule has 0 spiro atoms. The molecule has 7 nitrogen and oxygen atoms in total. The smallest absolute Gasteiger partial charge is 0.241 e. The van der Waals surface area contributed by atoms with Crippen molar-refractivity contribution in [3.63, 3.8) is 0 Å². The molecule has 1 aromatic carbocycles. The van der Waals surface area contributed by atoms with E-state index in [9.17, 15) is 0 Å². The van der Waals surface area contributed by atoms with Gasteiger partial charge in [-0.1, -0.05) is 23.2 Å². The van der Waals surface area contributed by atoms with Crippen LogP contribution in [0.15, 0.2) is 36.9 Å². The lowest BCUT2D eigenvalue weighted by molar-refractivity contribution is 0.906. The molecule has 21 heavy (non-hydrogen) atoms. The predicted octanol–water partition coefficient (Wildman–Crippen LogP) is 2.69. The van der Waals surface area contributed by atoms with Crippen LogP contribution < -0.4 is 11.1 Å². The first-order valence-corrected chi connectivity index (χ1v) is 6.59. The number of nitrogens with two attached hydrogens (primary N) is 1. The van der Waals surface area contributed by atoms with Crippen LogP contribution in [0.5, 0.6) is 0 Å². The Bertz CT molecular complexity index is 773. The van der Waals surface area contributed by atoms with Crippen LogP contribution in [0, 0.1) is 0 Å². The van der Waals surface area contributed by atoms with Gasteiger partial charge in [0.2, 0.25) is 17.8 Å². The molecule has 3 aromatic rings. The number of halogens is 2. The molecule has 0 atom stereocenters. The Morgan fingerprint density at radius 3 is 2.71 bits per heavy atom. The lowest BCUT2D eigenvalue weighted by Crippen LogP contribution is -2.08. The van der Waals surface area contributed by atoms with Gasteiger partial charge in [0.15, 0.2) is 0 Å². The number of nitrogens with one attached hydrogen (secondary N) is 1. The summed E-state index contributed by atoms with van der Waals surface area (Å²) in [6.07, 6.45) is 4.88. The molecule has 0 saturated carbocycles. The Balaban J connectivity index is 1.95. The number of hydrogen-bond donors (Lipinski definition) is 2. The topological polar surface area (TPSA) is 94.5 Å². The molecule has 0 aliphatic heterocycles. The minimum absolute atomic E-state index is 0.0845. The van der Waals surface area contributed by atoms with Crippen LogP contribution in [0.4, 0.5) is 17.6 Å². The molecular formula is C12H9Cl2N7.